The Kier molecular flexibility index (Phi) is 2.69. The molecule has 0 fully saturated rings. The molecule has 1 aromatic rings. The summed E-state index contributed by atoms with van der Waals surface area (Å²) in [6.07, 6.45) is 1.10. The third kappa shape index (κ3) is 2.27. The van der Waals surface area contributed by atoms with Crippen LogP contribution in [-0.4, -0.2) is 9.97 Å². The van der Waals surface area contributed by atoms with Crippen LogP contribution in [0.15, 0.2) is 6.07 Å². The van der Waals surface area contributed by atoms with Crippen LogP contribution in [0.1, 0.15) is 44.4 Å². The summed E-state index contributed by atoms with van der Waals surface area (Å²) in [6.45, 7) is 10.6. The zero-order valence-corrected chi connectivity index (χ0v) is 9.18. The number of hydrogen-bond donors (Lipinski definition) is 0. The molecule has 0 amide bonds. The highest BCUT2D eigenvalue weighted by atomic mass is 14.9. The number of nitrogens with zero attached hydrogens (tertiary/aromatic N) is 2. The average molecular weight is 178 g/mol. The molecule has 13 heavy (non-hydrogen) atoms. The molecule has 72 valence electrons. The molecule has 0 saturated heterocycles. The molecule has 0 aromatic carbocycles. The van der Waals surface area contributed by atoms with Crippen LogP contribution in [0, 0.1) is 13.8 Å². The van der Waals surface area contributed by atoms with Crippen LogP contribution >= 0.6 is 0 Å². The van der Waals surface area contributed by atoms with Gasteiger partial charge in [0.15, 0.2) is 0 Å². The van der Waals surface area contributed by atoms with E-state index < -0.39 is 0 Å². The summed E-state index contributed by atoms with van der Waals surface area (Å²) in [5.74, 6) is 0.872. The van der Waals surface area contributed by atoms with Crippen molar-refractivity contribution < 1.29 is 0 Å². The highest BCUT2D eigenvalue weighted by Crippen LogP contribution is 2.24. The summed E-state index contributed by atoms with van der Waals surface area (Å²) >= 11 is 0. The third-order valence-corrected chi connectivity index (χ3v) is 2.54. The topological polar surface area (TPSA) is 25.8 Å². The molecule has 0 atom stereocenters. The van der Waals surface area contributed by atoms with Gasteiger partial charge in [0.05, 0.1) is 0 Å². The fourth-order valence-electron chi connectivity index (χ4n) is 1.24. The van der Waals surface area contributed by atoms with E-state index in [0.717, 1.165) is 23.6 Å². The Hall–Kier alpha value is -0.920. The highest BCUT2D eigenvalue weighted by molar-refractivity contribution is 5.17. The molecule has 0 bridgehead atoms. The zero-order valence-electron chi connectivity index (χ0n) is 9.18. The molecule has 0 aliphatic carbocycles. The summed E-state index contributed by atoms with van der Waals surface area (Å²) in [7, 11) is 0. The lowest BCUT2D eigenvalue weighted by molar-refractivity contribution is 0.487. The highest BCUT2D eigenvalue weighted by Gasteiger charge is 2.20. The molecule has 2 nitrogen and oxygen atoms in total. The van der Waals surface area contributed by atoms with E-state index in [9.17, 15) is 0 Å². The van der Waals surface area contributed by atoms with Crippen molar-refractivity contribution in [3.63, 3.8) is 0 Å². The van der Waals surface area contributed by atoms with Gasteiger partial charge in [-0.05, 0) is 26.3 Å². The summed E-state index contributed by atoms with van der Waals surface area (Å²) in [5.41, 5.74) is 2.38. The molecule has 0 aliphatic heterocycles. The Bertz CT molecular complexity index is 283. The van der Waals surface area contributed by atoms with E-state index in [1.807, 2.05) is 13.8 Å². The minimum atomic E-state index is 0.165. The number of hydrogen-bond acceptors (Lipinski definition) is 2. The second kappa shape index (κ2) is 3.44. The van der Waals surface area contributed by atoms with Crippen molar-refractivity contribution in [2.75, 3.05) is 0 Å². The van der Waals surface area contributed by atoms with E-state index in [1.165, 1.54) is 0 Å². The molecule has 1 heterocycles. The van der Waals surface area contributed by atoms with Crippen LogP contribution in [0.4, 0.5) is 0 Å². The predicted molar refractivity (Wildman–Crippen MR) is 54.8 cm³/mol. The summed E-state index contributed by atoms with van der Waals surface area (Å²) in [4.78, 5) is 8.74. The second-order valence-electron chi connectivity index (χ2n) is 4.18. The van der Waals surface area contributed by atoms with Crippen molar-refractivity contribution in [2.45, 2.75) is 46.5 Å². The van der Waals surface area contributed by atoms with Gasteiger partial charge in [-0.1, -0.05) is 20.8 Å². The first-order valence-electron chi connectivity index (χ1n) is 4.78. The van der Waals surface area contributed by atoms with Gasteiger partial charge in [-0.25, -0.2) is 9.97 Å². The minimum Gasteiger partial charge on any atom is -0.239 e. The molecule has 0 aliphatic rings. The van der Waals surface area contributed by atoms with Gasteiger partial charge in [0.25, 0.3) is 0 Å². The van der Waals surface area contributed by atoms with Gasteiger partial charge < -0.3 is 0 Å². The van der Waals surface area contributed by atoms with Gasteiger partial charge in [0.2, 0.25) is 0 Å². The van der Waals surface area contributed by atoms with Crippen LogP contribution in [0.2, 0.25) is 0 Å². The molecule has 0 spiro atoms. The van der Waals surface area contributed by atoms with Crippen molar-refractivity contribution in [3.05, 3.63) is 23.3 Å². The average Bonchev–Trinajstić information content (AvgIpc) is 2.02. The van der Waals surface area contributed by atoms with Gasteiger partial charge in [0.1, 0.15) is 5.82 Å². The number of rotatable bonds is 2. The van der Waals surface area contributed by atoms with Crippen molar-refractivity contribution in [2.24, 2.45) is 0 Å². The van der Waals surface area contributed by atoms with Gasteiger partial charge >= 0.3 is 0 Å². The van der Waals surface area contributed by atoms with Crippen LogP contribution in [-0.2, 0) is 5.41 Å². The fourth-order valence-corrected chi connectivity index (χ4v) is 1.24. The lowest BCUT2D eigenvalue weighted by Gasteiger charge is -2.22. The van der Waals surface area contributed by atoms with Crippen molar-refractivity contribution in [1.29, 1.82) is 0 Å². The van der Waals surface area contributed by atoms with Crippen LogP contribution in [0.5, 0.6) is 0 Å². The maximum absolute atomic E-state index is 4.47. The fraction of sp³-hybridized carbons (Fsp3) is 0.636. The van der Waals surface area contributed by atoms with E-state index >= 15 is 0 Å². The van der Waals surface area contributed by atoms with E-state index in [2.05, 4.69) is 36.8 Å². The number of aryl methyl sites for hydroxylation is 2. The largest absolute Gasteiger partial charge is 0.239 e. The van der Waals surface area contributed by atoms with Crippen LogP contribution in [0.3, 0.4) is 0 Å². The Morgan fingerprint density at radius 3 is 2.31 bits per heavy atom. The standard InChI is InChI=1S/C11H18N2/c1-6-11(4,5)10-7-8(2)12-9(3)13-10/h7H,6H2,1-5H3. The maximum atomic E-state index is 4.47. The smallest absolute Gasteiger partial charge is 0.125 e. The first-order chi connectivity index (χ1) is 5.95. The lowest BCUT2D eigenvalue weighted by Crippen LogP contribution is -2.18. The van der Waals surface area contributed by atoms with Crippen molar-refractivity contribution in [3.8, 4) is 0 Å². The normalized spacial score (nSPS) is 11.8. The Morgan fingerprint density at radius 1 is 1.23 bits per heavy atom. The van der Waals surface area contributed by atoms with Crippen LogP contribution in [0.25, 0.3) is 0 Å². The molecule has 0 saturated carbocycles. The first kappa shape index (κ1) is 10.2. The Balaban J connectivity index is 3.15. The van der Waals surface area contributed by atoms with Gasteiger partial charge in [-0.3, -0.25) is 0 Å². The minimum absolute atomic E-state index is 0.165. The molecular weight excluding hydrogens is 160 g/mol. The predicted octanol–water partition coefficient (Wildman–Crippen LogP) is 2.78. The van der Waals surface area contributed by atoms with E-state index in [0.29, 0.717) is 0 Å². The van der Waals surface area contributed by atoms with Crippen molar-refractivity contribution >= 4 is 0 Å². The second-order valence-corrected chi connectivity index (χ2v) is 4.18. The Morgan fingerprint density at radius 2 is 1.85 bits per heavy atom. The quantitative estimate of drug-likeness (QED) is 0.696. The van der Waals surface area contributed by atoms with Gasteiger partial charge in [-0.2, -0.15) is 0 Å². The van der Waals surface area contributed by atoms with E-state index in [4.69, 9.17) is 0 Å². The molecule has 2 heteroatoms. The summed E-state index contributed by atoms with van der Waals surface area (Å²) in [5, 5.41) is 0. The molecule has 0 radical (unpaired) electrons. The van der Waals surface area contributed by atoms with Crippen LogP contribution < -0.4 is 0 Å². The summed E-state index contributed by atoms with van der Waals surface area (Å²) < 4.78 is 0. The van der Waals surface area contributed by atoms with Gasteiger partial charge in [0, 0.05) is 16.8 Å². The molecule has 0 N–H and O–H groups in total. The molecule has 1 rings (SSSR count). The Labute approximate surface area is 80.4 Å². The monoisotopic (exact) mass is 178 g/mol. The third-order valence-electron chi connectivity index (χ3n) is 2.54. The maximum Gasteiger partial charge on any atom is 0.125 e. The molecule has 1 aromatic heterocycles. The zero-order chi connectivity index (χ0) is 10.1. The van der Waals surface area contributed by atoms with E-state index in [-0.39, 0.29) is 5.41 Å². The lowest BCUT2D eigenvalue weighted by atomic mass is 9.86. The SMILES string of the molecule is CCC(C)(C)c1cc(C)nc(C)n1. The van der Waals surface area contributed by atoms with Gasteiger partial charge in [-0.15, -0.1) is 0 Å². The van der Waals surface area contributed by atoms with E-state index in [1.54, 1.807) is 0 Å². The molecular formula is C11H18N2. The molecule has 0 unspecified atom stereocenters. The first-order valence-corrected chi connectivity index (χ1v) is 4.78. The van der Waals surface area contributed by atoms with Crippen molar-refractivity contribution in [1.82, 2.24) is 9.97 Å². The number of aromatic nitrogens is 2. The summed E-state index contributed by atoms with van der Waals surface area (Å²) in [6, 6.07) is 2.08.